The molecule has 0 aliphatic heterocycles. The van der Waals surface area contributed by atoms with Gasteiger partial charge in [-0.1, -0.05) is 28.1 Å². The molecule has 0 atom stereocenters. The summed E-state index contributed by atoms with van der Waals surface area (Å²) in [5.74, 6) is 0. The van der Waals surface area contributed by atoms with E-state index in [0.717, 1.165) is 12.1 Å². The molecule has 1 aromatic heterocycles. The van der Waals surface area contributed by atoms with E-state index in [9.17, 15) is 22.0 Å². The molecule has 120 valence electrons. The molecule has 0 spiro atoms. The summed E-state index contributed by atoms with van der Waals surface area (Å²) < 4.78 is 64.8. The van der Waals surface area contributed by atoms with Crippen molar-refractivity contribution in [3.63, 3.8) is 0 Å². The Morgan fingerprint density at radius 3 is 2.22 bits per heavy atom. The summed E-state index contributed by atoms with van der Waals surface area (Å²) in [6.07, 6.45) is -3.11. The fourth-order valence-electron chi connectivity index (χ4n) is 2.28. The van der Waals surface area contributed by atoms with Crippen molar-refractivity contribution in [2.24, 2.45) is 0 Å². The molecular formula is C15H8BrF5N2. The fourth-order valence-corrected chi connectivity index (χ4v) is 2.83. The molecule has 0 radical (unpaired) electrons. The van der Waals surface area contributed by atoms with Crippen molar-refractivity contribution >= 4 is 26.8 Å². The minimum absolute atomic E-state index is 0.198. The SMILES string of the molecule is FC(F)n1ncc2c(Br)cc(-c3ccc(C(F)(F)F)cc3)cc21. The van der Waals surface area contributed by atoms with Crippen LogP contribution in [0.1, 0.15) is 12.1 Å². The molecule has 0 aliphatic carbocycles. The highest BCUT2D eigenvalue weighted by Crippen LogP contribution is 2.34. The topological polar surface area (TPSA) is 17.8 Å². The van der Waals surface area contributed by atoms with Gasteiger partial charge in [-0.05, 0) is 35.4 Å². The molecule has 0 fully saturated rings. The number of benzene rings is 2. The predicted molar refractivity (Wildman–Crippen MR) is 79.1 cm³/mol. The van der Waals surface area contributed by atoms with Crippen LogP contribution in [0.2, 0.25) is 0 Å². The van der Waals surface area contributed by atoms with E-state index in [0.29, 0.717) is 25.7 Å². The average molecular weight is 391 g/mol. The van der Waals surface area contributed by atoms with Gasteiger partial charge < -0.3 is 0 Å². The van der Waals surface area contributed by atoms with E-state index in [1.807, 2.05) is 0 Å². The molecule has 0 unspecified atom stereocenters. The molecule has 0 saturated carbocycles. The van der Waals surface area contributed by atoms with Gasteiger partial charge in [0, 0.05) is 9.86 Å². The summed E-state index contributed by atoms with van der Waals surface area (Å²) in [6, 6.07) is 7.65. The third-order valence-electron chi connectivity index (χ3n) is 3.40. The molecule has 23 heavy (non-hydrogen) atoms. The molecule has 0 saturated heterocycles. The largest absolute Gasteiger partial charge is 0.416 e. The van der Waals surface area contributed by atoms with Crippen LogP contribution >= 0.6 is 15.9 Å². The van der Waals surface area contributed by atoms with E-state index in [-0.39, 0.29) is 5.52 Å². The standard InChI is InChI=1S/C15H8BrF5N2/c16-12-5-9(6-13-11(12)7-22-23(13)14(17)18)8-1-3-10(4-2-8)15(19,20)21/h1-7,14H. The first kappa shape index (κ1) is 15.9. The van der Waals surface area contributed by atoms with Gasteiger partial charge in [-0.3, -0.25) is 0 Å². The Bertz CT molecular complexity index is 853. The number of hydrogen-bond donors (Lipinski definition) is 0. The van der Waals surface area contributed by atoms with Crippen molar-refractivity contribution in [3.8, 4) is 11.1 Å². The van der Waals surface area contributed by atoms with Crippen molar-refractivity contribution in [2.75, 3.05) is 0 Å². The Morgan fingerprint density at radius 2 is 1.65 bits per heavy atom. The van der Waals surface area contributed by atoms with Gasteiger partial charge in [0.2, 0.25) is 0 Å². The number of aromatic nitrogens is 2. The van der Waals surface area contributed by atoms with Crippen LogP contribution in [-0.2, 0) is 6.18 Å². The molecule has 0 bridgehead atoms. The fraction of sp³-hybridized carbons (Fsp3) is 0.133. The van der Waals surface area contributed by atoms with Crippen molar-refractivity contribution in [2.45, 2.75) is 12.7 Å². The smallest absolute Gasteiger partial charge is 0.204 e. The highest BCUT2D eigenvalue weighted by atomic mass is 79.9. The van der Waals surface area contributed by atoms with Crippen molar-refractivity contribution in [1.82, 2.24) is 9.78 Å². The van der Waals surface area contributed by atoms with Crippen LogP contribution in [0.5, 0.6) is 0 Å². The van der Waals surface area contributed by atoms with Crippen LogP contribution in [0.15, 0.2) is 47.1 Å². The summed E-state index contributed by atoms with van der Waals surface area (Å²) in [7, 11) is 0. The molecule has 1 heterocycles. The molecule has 8 heteroatoms. The van der Waals surface area contributed by atoms with E-state index >= 15 is 0 Å². The molecule has 2 aromatic carbocycles. The molecule has 3 rings (SSSR count). The van der Waals surface area contributed by atoms with E-state index in [1.54, 1.807) is 6.07 Å². The summed E-state index contributed by atoms with van der Waals surface area (Å²) in [5, 5.41) is 4.13. The van der Waals surface area contributed by atoms with E-state index in [2.05, 4.69) is 21.0 Å². The van der Waals surface area contributed by atoms with Crippen molar-refractivity contribution < 1.29 is 22.0 Å². The first-order valence-electron chi connectivity index (χ1n) is 6.40. The quantitative estimate of drug-likeness (QED) is 0.499. The van der Waals surface area contributed by atoms with E-state index in [4.69, 9.17) is 0 Å². The second kappa shape index (κ2) is 5.59. The van der Waals surface area contributed by atoms with E-state index in [1.165, 1.54) is 24.4 Å². The minimum Gasteiger partial charge on any atom is -0.204 e. The molecule has 0 aliphatic rings. The zero-order chi connectivity index (χ0) is 16.8. The Morgan fingerprint density at radius 1 is 1.00 bits per heavy atom. The molecule has 0 N–H and O–H groups in total. The summed E-state index contributed by atoms with van der Waals surface area (Å²) in [4.78, 5) is 0. The molecule has 0 amide bonds. The third-order valence-corrected chi connectivity index (χ3v) is 4.05. The van der Waals surface area contributed by atoms with Crippen LogP contribution in [0.25, 0.3) is 22.0 Å². The van der Waals surface area contributed by atoms with Crippen LogP contribution in [0.3, 0.4) is 0 Å². The normalized spacial score (nSPS) is 12.3. The Kier molecular flexibility index (Phi) is 3.87. The highest BCUT2D eigenvalue weighted by molar-refractivity contribution is 9.10. The van der Waals surface area contributed by atoms with Crippen molar-refractivity contribution in [3.05, 3.63) is 52.6 Å². The second-order valence-corrected chi connectivity index (χ2v) is 5.69. The first-order chi connectivity index (χ1) is 10.8. The Balaban J connectivity index is 2.11. The maximum absolute atomic E-state index is 12.9. The molecule has 3 aromatic rings. The average Bonchev–Trinajstić information content (AvgIpc) is 2.91. The highest BCUT2D eigenvalue weighted by Gasteiger charge is 2.30. The van der Waals surface area contributed by atoms with Crippen LogP contribution in [-0.4, -0.2) is 9.78 Å². The number of hydrogen-bond acceptors (Lipinski definition) is 1. The van der Waals surface area contributed by atoms with Crippen LogP contribution in [0, 0.1) is 0 Å². The molecular weight excluding hydrogens is 383 g/mol. The summed E-state index contributed by atoms with van der Waals surface area (Å²) in [6.45, 7) is -2.80. The monoisotopic (exact) mass is 390 g/mol. The van der Waals surface area contributed by atoms with Gasteiger partial charge in [-0.25, -0.2) is 4.68 Å². The number of fused-ring (bicyclic) bond motifs is 1. The second-order valence-electron chi connectivity index (χ2n) is 4.83. The lowest BCUT2D eigenvalue weighted by Gasteiger charge is -2.09. The Hall–Kier alpha value is -1.96. The lowest BCUT2D eigenvalue weighted by atomic mass is 10.0. The zero-order valence-electron chi connectivity index (χ0n) is 11.3. The van der Waals surface area contributed by atoms with Crippen LogP contribution < -0.4 is 0 Å². The number of halogens is 6. The first-order valence-corrected chi connectivity index (χ1v) is 7.19. The van der Waals surface area contributed by atoms with Gasteiger partial charge in [0.15, 0.2) is 0 Å². The number of nitrogens with zero attached hydrogens (tertiary/aromatic N) is 2. The van der Waals surface area contributed by atoms with Crippen molar-refractivity contribution in [1.29, 1.82) is 0 Å². The van der Waals surface area contributed by atoms with E-state index < -0.39 is 18.3 Å². The third kappa shape index (κ3) is 2.95. The maximum atomic E-state index is 12.9. The van der Waals surface area contributed by atoms with Gasteiger partial charge in [0.05, 0.1) is 17.3 Å². The Labute approximate surface area is 135 Å². The van der Waals surface area contributed by atoms with Gasteiger partial charge in [-0.15, -0.1) is 0 Å². The maximum Gasteiger partial charge on any atom is 0.416 e. The lowest BCUT2D eigenvalue weighted by Crippen LogP contribution is -2.04. The number of rotatable bonds is 2. The minimum atomic E-state index is -4.42. The number of alkyl halides is 5. The van der Waals surface area contributed by atoms with Gasteiger partial charge in [0.1, 0.15) is 0 Å². The van der Waals surface area contributed by atoms with Gasteiger partial charge in [0.25, 0.3) is 0 Å². The lowest BCUT2D eigenvalue weighted by molar-refractivity contribution is -0.137. The molecule has 2 nitrogen and oxygen atoms in total. The van der Waals surface area contributed by atoms with Gasteiger partial charge in [-0.2, -0.15) is 27.1 Å². The van der Waals surface area contributed by atoms with Crippen LogP contribution in [0.4, 0.5) is 22.0 Å². The van der Waals surface area contributed by atoms with Gasteiger partial charge >= 0.3 is 12.7 Å². The summed E-state index contributed by atoms with van der Waals surface area (Å²) >= 11 is 3.28. The zero-order valence-corrected chi connectivity index (χ0v) is 12.9. The predicted octanol–water partition coefficient (Wildman–Crippen LogP) is 5.88. The summed E-state index contributed by atoms with van der Waals surface area (Å²) in [5.41, 5.74) is 0.436.